The third-order valence-electron chi connectivity index (χ3n) is 2.79. The predicted octanol–water partition coefficient (Wildman–Crippen LogP) is 4.22. The molecule has 0 unspecified atom stereocenters. The van der Waals surface area contributed by atoms with E-state index in [-0.39, 0.29) is 5.69 Å². The minimum absolute atomic E-state index is 0.167. The fraction of sp³-hybridized carbons (Fsp3) is 0.200. The van der Waals surface area contributed by atoms with E-state index in [9.17, 15) is 13.2 Å². The molecule has 0 radical (unpaired) electrons. The van der Waals surface area contributed by atoms with Crippen molar-refractivity contribution in [3.8, 4) is 5.75 Å². The van der Waals surface area contributed by atoms with Gasteiger partial charge in [-0.3, -0.25) is 0 Å². The average Bonchev–Trinajstić information content (AvgIpc) is 2.48. The Kier molecular flexibility index (Phi) is 4.57. The van der Waals surface area contributed by atoms with Crippen LogP contribution in [0.15, 0.2) is 30.3 Å². The molecule has 0 aliphatic carbocycles. The summed E-state index contributed by atoms with van der Waals surface area (Å²) in [7, 11) is 0. The van der Waals surface area contributed by atoms with Crippen LogP contribution in [0.5, 0.6) is 5.75 Å². The predicted molar refractivity (Wildman–Crippen MR) is 76.2 cm³/mol. The second-order valence-corrected chi connectivity index (χ2v) is 4.45. The Morgan fingerprint density at radius 2 is 1.86 bits per heavy atom. The van der Waals surface area contributed by atoms with Crippen molar-refractivity contribution >= 4 is 17.1 Å². The van der Waals surface area contributed by atoms with E-state index in [4.69, 9.17) is 10.5 Å². The van der Waals surface area contributed by atoms with Crippen molar-refractivity contribution in [3.63, 3.8) is 0 Å². The summed E-state index contributed by atoms with van der Waals surface area (Å²) in [6.45, 7) is 2.45. The number of nitrogens with one attached hydrogen (secondary N) is 1. The van der Waals surface area contributed by atoms with Gasteiger partial charge in [0.15, 0.2) is 17.5 Å². The van der Waals surface area contributed by atoms with E-state index in [2.05, 4.69) is 5.32 Å². The van der Waals surface area contributed by atoms with E-state index >= 15 is 0 Å². The molecule has 2 aromatic carbocycles. The SMILES string of the molecule is CCCOc1cc(Nc2ccc(F)c(F)c2F)ccc1N. The molecule has 0 heterocycles. The van der Waals surface area contributed by atoms with Crippen LogP contribution < -0.4 is 15.8 Å². The molecule has 21 heavy (non-hydrogen) atoms. The number of anilines is 3. The lowest BCUT2D eigenvalue weighted by molar-refractivity contribution is 0.319. The van der Waals surface area contributed by atoms with E-state index in [0.717, 1.165) is 18.6 Å². The lowest BCUT2D eigenvalue weighted by atomic mass is 10.2. The molecule has 0 bridgehead atoms. The molecule has 3 nitrogen and oxygen atoms in total. The molecule has 0 spiro atoms. The maximum Gasteiger partial charge on any atom is 0.196 e. The van der Waals surface area contributed by atoms with Gasteiger partial charge in [-0.05, 0) is 30.7 Å². The van der Waals surface area contributed by atoms with E-state index in [1.807, 2.05) is 6.92 Å². The first-order valence-corrected chi connectivity index (χ1v) is 6.45. The molecule has 0 amide bonds. The first-order valence-electron chi connectivity index (χ1n) is 6.45. The zero-order chi connectivity index (χ0) is 15.4. The van der Waals surface area contributed by atoms with Crippen LogP contribution in [0.2, 0.25) is 0 Å². The monoisotopic (exact) mass is 296 g/mol. The van der Waals surface area contributed by atoms with Gasteiger partial charge in [0.25, 0.3) is 0 Å². The second-order valence-electron chi connectivity index (χ2n) is 4.45. The van der Waals surface area contributed by atoms with Gasteiger partial charge in [0.1, 0.15) is 5.75 Å². The molecular formula is C15H15F3N2O. The van der Waals surface area contributed by atoms with Crippen LogP contribution in [-0.4, -0.2) is 6.61 Å². The average molecular weight is 296 g/mol. The molecule has 112 valence electrons. The molecule has 0 aromatic heterocycles. The van der Waals surface area contributed by atoms with Crippen molar-refractivity contribution < 1.29 is 17.9 Å². The Labute approximate surface area is 120 Å². The van der Waals surface area contributed by atoms with Gasteiger partial charge in [-0.25, -0.2) is 13.2 Å². The minimum Gasteiger partial charge on any atom is -0.491 e. The topological polar surface area (TPSA) is 47.3 Å². The number of halogens is 3. The third kappa shape index (κ3) is 3.39. The summed E-state index contributed by atoms with van der Waals surface area (Å²) in [6.07, 6.45) is 0.814. The molecule has 0 atom stereocenters. The van der Waals surface area contributed by atoms with Crippen molar-refractivity contribution in [2.75, 3.05) is 17.7 Å². The summed E-state index contributed by atoms with van der Waals surface area (Å²) in [4.78, 5) is 0. The standard InChI is InChI=1S/C15H15F3N2O/c1-2-7-21-13-8-9(3-5-11(13)19)20-12-6-4-10(16)14(17)15(12)18/h3-6,8,20H,2,7,19H2,1H3. The highest BCUT2D eigenvalue weighted by atomic mass is 19.2. The van der Waals surface area contributed by atoms with Gasteiger partial charge >= 0.3 is 0 Å². The van der Waals surface area contributed by atoms with E-state index in [0.29, 0.717) is 23.7 Å². The highest BCUT2D eigenvalue weighted by Gasteiger charge is 2.13. The van der Waals surface area contributed by atoms with E-state index in [1.54, 1.807) is 18.2 Å². The molecule has 0 fully saturated rings. The van der Waals surface area contributed by atoms with Crippen LogP contribution in [0.1, 0.15) is 13.3 Å². The summed E-state index contributed by atoms with van der Waals surface area (Å²) in [5.74, 6) is -3.58. The molecule has 0 aliphatic rings. The van der Waals surface area contributed by atoms with E-state index in [1.165, 1.54) is 0 Å². The Bertz CT molecular complexity index is 647. The van der Waals surface area contributed by atoms with Gasteiger partial charge in [0.05, 0.1) is 18.0 Å². The molecule has 0 aliphatic heterocycles. The van der Waals surface area contributed by atoms with Crippen molar-refractivity contribution in [2.24, 2.45) is 0 Å². The van der Waals surface area contributed by atoms with Crippen LogP contribution in [0.3, 0.4) is 0 Å². The highest BCUT2D eigenvalue weighted by molar-refractivity contribution is 5.67. The van der Waals surface area contributed by atoms with Crippen LogP contribution >= 0.6 is 0 Å². The largest absolute Gasteiger partial charge is 0.491 e. The molecule has 3 N–H and O–H groups in total. The van der Waals surface area contributed by atoms with Crippen molar-refractivity contribution in [3.05, 3.63) is 47.8 Å². The second kappa shape index (κ2) is 6.39. The number of benzene rings is 2. The van der Waals surface area contributed by atoms with Gasteiger partial charge in [-0.15, -0.1) is 0 Å². The van der Waals surface area contributed by atoms with Gasteiger partial charge in [-0.1, -0.05) is 6.92 Å². The molecule has 6 heteroatoms. The lowest BCUT2D eigenvalue weighted by Gasteiger charge is -2.12. The van der Waals surface area contributed by atoms with Gasteiger partial charge in [-0.2, -0.15) is 0 Å². The summed E-state index contributed by atoms with van der Waals surface area (Å²) in [5, 5.41) is 2.67. The fourth-order valence-electron chi connectivity index (χ4n) is 1.73. The molecular weight excluding hydrogens is 281 g/mol. The van der Waals surface area contributed by atoms with Crippen molar-refractivity contribution in [1.29, 1.82) is 0 Å². The molecule has 2 rings (SSSR count). The fourth-order valence-corrected chi connectivity index (χ4v) is 1.73. The Morgan fingerprint density at radius 1 is 1.10 bits per heavy atom. The van der Waals surface area contributed by atoms with Crippen molar-refractivity contribution in [2.45, 2.75) is 13.3 Å². The summed E-state index contributed by atoms with van der Waals surface area (Å²) in [6, 6.07) is 6.73. The minimum atomic E-state index is -1.52. The van der Waals surface area contributed by atoms with Gasteiger partial charge < -0.3 is 15.8 Å². The highest BCUT2D eigenvalue weighted by Crippen LogP contribution is 2.29. The summed E-state index contributed by atoms with van der Waals surface area (Å²) in [5.41, 5.74) is 6.50. The van der Waals surface area contributed by atoms with Gasteiger partial charge in [0.2, 0.25) is 0 Å². The lowest BCUT2D eigenvalue weighted by Crippen LogP contribution is -2.02. The van der Waals surface area contributed by atoms with Crippen molar-refractivity contribution in [1.82, 2.24) is 0 Å². The summed E-state index contributed by atoms with van der Waals surface area (Å²) >= 11 is 0. The Morgan fingerprint density at radius 3 is 2.57 bits per heavy atom. The number of nitrogen functional groups attached to an aromatic ring is 1. The molecule has 0 saturated heterocycles. The van der Waals surface area contributed by atoms with Crippen LogP contribution in [0.4, 0.5) is 30.2 Å². The van der Waals surface area contributed by atoms with Gasteiger partial charge in [0, 0.05) is 11.8 Å². The number of hydrogen-bond acceptors (Lipinski definition) is 3. The number of hydrogen-bond donors (Lipinski definition) is 2. The van der Waals surface area contributed by atoms with Crippen LogP contribution in [-0.2, 0) is 0 Å². The quantitative estimate of drug-likeness (QED) is 0.641. The first kappa shape index (κ1) is 15.0. The van der Waals surface area contributed by atoms with E-state index < -0.39 is 17.5 Å². The van der Waals surface area contributed by atoms with Crippen LogP contribution in [0.25, 0.3) is 0 Å². The number of nitrogens with two attached hydrogens (primary N) is 1. The maximum absolute atomic E-state index is 13.6. The zero-order valence-corrected chi connectivity index (χ0v) is 11.4. The summed E-state index contributed by atoms with van der Waals surface area (Å²) < 4.78 is 45.1. The molecule has 0 saturated carbocycles. The zero-order valence-electron chi connectivity index (χ0n) is 11.4. The molecule has 2 aromatic rings. The maximum atomic E-state index is 13.6. The number of ether oxygens (including phenoxy) is 1. The smallest absolute Gasteiger partial charge is 0.196 e. The normalized spacial score (nSPS) is 10.5. The van der Waals surface area contributed by atoms with Crippen LogP contribution in [0, 0.1) is 17.5 Å². The Hall–Kier alpha value is -2.37. The Balaban J connectivity index is 2.26. The number of rotatable bonds is 5. The third-order valence-corrected chi connectivity index (χ3v) is 2.79. The first-order chi connectivity index (χ1) is 10.0.